The Kier molecular flexibility index (Phi) is 6.86. The van der Waals surface area contributed by atoms with E-state index in [1.54, 1.807) is 6.20 Å². The zero-order chi connectivity index (χ0) is 23.5. The number of imidazole rings is 1. The number of likely N-dealkylation sites (tertiary alicyclic amines) is 1. The topological polar surface area (TPSA) is 87.1 Å². The minimum atomic E-state index is 0.388. The minimum absolute atomic E-state index is 0.388. The number of pyridine rings is 1. The van der Waals surface area contributed by atoms with Gasteiger partial charge in [-0.3, -0.25) is 4.90 Å². The van der Waals surface area contributed by atoms with Crippen LogP contribution in [0.5, 0.6) is 0 Å². The van der Waals surface area contributed by atoms with Crippen LogP contribution in [-0.4, -0.2) is 83.7 Å². The average Bonchev–Trinajstić information content (AvgIpc) is 3.31. The number of piperazine rings is 1. The van der Waals surface area contributed by atoms with Crippen molar-refractivity contribution in [2.24, 2.45) is 0 Å². The number of rotatable bonds is 6. The predicted octanol–water partition coefficient (Wildman–Crippen LogP) is 3.82. The lowest BCUT2D eigenvalue weighted by Crippen LogP contribution is -2.46. The van der Waals surface area contributed by atoms with E-state index in [4.69, 9.17) is 21.8 Å². The summed E-state index contributed by atoms with van der Waals surface area (Å²) in [6.07, 6.45) is 4.47. The number of nitrogens with zero attached hydrogens (tertiary/aromatic N) is 6. The van der Waals surface area contributed by atoms with Crippen LogP contribution in [0.25, 0.3) is 22.6 Å². The van der Waals surface area contributed by atoms with Crippen LogP contribution in [0, 0.1) is 11.3 Å². The van der Waals surface area contributed by atoms with Crippen LogP contribution in [0.1, 0.15) is 19.3 Å². The van der Waals surface area contributed by atoms with Crippen LogP contribution in [0.2, 0.25) is 5.02 Å². The number of halogens is 1. The Hall–Kier alpha value is -2.86. The molecule has 8 nitrogen and oxygen atoms in total. The van der Waals surface area contributed by atoms with Crippen LogP contribution in [0.3, 0.4) is 0 Å². The zero-order valence-corrected chi connectivity index (χ0v) is 20.4. The van der Waals surface area contributed by atoms with Crippen molar-refractivity contribution in [3.8, 4) is 17.5 Å². The normalized spacial score (nSPS) is 18.3. The second-order valence-electron chi connectivity index (χ2n) is 9.27. The van der Waals surface area contributed by atoms with E-state index in [0.717, 1.165) is 86.9 Å². The molecule has 4 heterocycles. The molecular weight excluding hydrogens is 448 g/mol. The van der Waals surface area contributed by atoms with Gasteiger partial charge in [0, 0.05) is 56.4 Å². The fourth-order valence-corrected chi connectivity index (χ4v) is 5.02. The van der Waals surface area contributed by atoms with Gasteiger partial charge in [-0.15, -0.1) is 0 Å². The SMILES string of the molecule is CN1CCC(Nc2c(Cl)cnc3[nH]c(-c4ccc(N5CCN(CCC#N)CC5)cc4)nc23)CC1. The van der Waals surface area contributed by atoms with E-state index in [-0.39, 0.29) is 0 Å². The number of nitriles is 1. The van der Waals surface area contributed by atoms with Gasteiger partial charge in [0.1, 0.15) is 11.3 Å². The summed E-state index contributed by atoms with van der Waals surface area (Å²) in [5.41, 5.74) is 4.64. The van der Waals surface area contributed by atoms with Crippen LogP contribution in [-0.2, 0) is 0 Å². The number of hydrogen-bond donors (Lipinski definition) is 2. The molecule has 178 valence electrons. The average molecular weight is 479 g/mol. The Morgan fingerprint density at radius 1 is 1.12 bits per heavy atom. The Bertz CT molecular complexity index is 1150. The van der Waals surface area contributed by atoms with Gasteiger partial charge in [0.05, 0.1) is 23.0 Å². The Morgan fingerprint density at radius 3 is 2.56 bits per heavy atom. The van der Waals surface area contributed by atoms with E-state index in [1.807, 2.05) is 0 Å². The molecule has 0 bridgehead atoms. The smallest absolute Gasteiger partial charge is 0.159 e. The molecule has 2 aromatic heterocycles. The van der Waals surface area contributed by atoms with E-state index < -0.39 is 0 Å². The summed E-state index contributed by atoms with van der Waals surface area (Å²) in [5, 5.41) is 13.0. The molecule has 2 fully saturated rings. The third kappa shape index (κ3) is 4.97. The third-order valence-corrected chi connectivity index (χ3v) is 7.24. The first-order valence-corrected chi connectivity index (χ1v) is 12.4. The number of hydrogen-bond acceptors (Lipinski definition) is 7. The molecule has 34 heavy (non-hydrogen) atoms. The molecule has 0 atom stereocenters. The van der Waals surface area contributed by atoms with Gasteiger partial charge in [0.25, 0.3) is 0 Å². The van der Waals surface area contributed by atoms with Crippen molar-refractivity contribution >= 4 is 34.1 Å². The highest BCUT2D eigenvalue weighted by atomic mass is 35.5. The summed E-state index contributed by atoms with van der Waals surface area (Å²) in [7, 11) is 2.16. The first kappa shape index (κ1) is 22.9. The quantitative estimate of drug-likeness (QED) is 0.556. The fraction of sp³-hybridized carbons (Fsp3) is 0.480. The number of aromatic amines is 1. The van der Waals surface area contributed by atoms with Crippen molar-refractivity contribution in [2.75, 3.05) is 63.1 Å². The first-order chi connectivity index (χ1) is 16.6. The van der Waals surface area contributed by atoms with Crippen molar-refractivity contribution in [1.82, 2.24) is 24.8 Å². The highest BCUT2D eigenvalue weighted by Gasteiger charge is 2.21. The number of benzene rings is 1. The number of H-pyrrole nitrogens is 1. The largest absolute Gasteiger partial charge is 0.379 e. The van der Waals surface area contributed by atoms with Crippen molar-refractivity contribution in [3.63, 3.8) is 0 Å². The van der Waals surface area contributed by atoms with E-state index in [9.17, 15) is 0 Å². The molecule has 0 spiro atoms. The number of anilines is 2. The fourth-order valence-electron chi connectivity index (χ4n) is 4.83. The first-order valence-electron chi connectivity index (χ1n) is 12.0. The van der Waals surface area contributed by atoms with Crippen molar-refractivity contribution in [2.45, 2.75) is 25.3 Å². The molecule has 2 aliphatic heterocycles. The van der Waals surface area contributed by atoms with Gasteiger partial charge in [0.15, 0.2) is 5.65 Å². The van der Waals surface area contributed by atoms with Crippen LogP contribution in [0.4, 0.5) is 11.4 Å². The molecule has 9 heteroatoms. The van der Waals surface area contributed by atoms with Gasteiger partial charge >= 0.3 is 0 Å². The Labute approximate surface area is 205 Å². The molecule has 0 aliphatic carbocycles. The maximum atomic E-state index is 8.79. The third-order valence-electron chi connectivity index (χ3n) is 6.95. The molecule has 2 N–H and O–H groups in total. The molecule has 1 aromatic carbocycles. The van der Waals surface area contributed by atoms with Gasteiger partial charge in [-0.1, -0.05) is 11.6 Å². The summed E-state index contributed by atoms with van der Waals surface area (Å²) in [6.45, 7) is 6.96. The molecule has 5 rings (SSSR count). The van der Waals surface area contributed by atoms with Gasteiger partial charge in [-0.25, -0.2) is 9.97 Å². The van der Waals surface area contributed by atoms with Crippen molar-refractivity contribution < 1.29 is 0 Å². The number of fused-ring (bicyclic) bond motifs is 1. The number of nitrogens with one attached hydrogen (secondary N) is 2. The predicted molar refractivity (Wildman–Crippen MR) is 137 cm³/mol. The molecular formula is C25H31ClN8. The number of aromatic nitrogens is 3. The maximum Gasteiger partial charge on any atom is 0.159 e. The van der Waals surface area contributed by atoms with E-state index >= 15 is 0 Å². The monoisotopic (exact) mass is 478 g/mol. The summed E-state index contributed by atoms with van der Waals surface area (Å²) in [5.74, 6) is 0.795. The molecule has 3 aromatic rings. The molecule has 2 aliphatic rings. The lowest BCUT2D eigenvalue weighted by atomic mass is 10.1. The summed E-state index contributed by atoms with van der Waals surface area (Å²) < 4.78 is 0. The summed E-state index contributed by atoms with van der Waals surface area (Å²) in [4.78, 5) is 19.8. The van der Waals surface area contributed by atoms with Gasteiger partial charge < -0.3 is 20.1 Å². The molecule has 0 unspecified atom stereocenters. The molecule has 0 radical (unpaired) electrons. The summed E-state index contributed by atoms with van der Waals surface area (Å²) >= 11 is 6.54. The molecule has 0 saturated carbocycles. The maximum absolute atomic E-state index is 8.79. The Balaban J connectivity index is 1.30. The second-order valence-corrected chi connectivity index (χ2v) is 9.68. The molecule has 2 saturated heterocycles. The lowest BCUT2D eigenvalue weighted by molar-refractivity contribution is 0.263. The van der Waals surface area contributed by atoms with Crippen LogP contribution >= 0.6 is 11.6 Å². The highest BCUT2D eigenvalue weighted by molar-refractivity contribution is 6.34. The Morgan fingerprint density at radius 2 is 1.85 bits per heavy atom. The van der Waals surface area contributed by atoms with E-state index in [0.29, 0.717) is 17.5 Å². The van der Waals surface area contributed by atoms with Crippen molar-refractivity contribution in [1.29, 1.82) is 5.26 Å². The van der Waals surface area contributed by atoms with E-state index in [2.05, 4.69) is 67.4 Å². The summed E-state index contributed by atoms with van der Waals surface area (Å²) in [6, 6.07) is 11.2. The van der Waals surface area contributed by atoms with Crippen LogP contribution in [0.15, 0.2) is 30.5 Å². The van der Waals surface area contributed by atoms with Gasteiger partial charge in [0.2, 0.25) is 0 Å². The molecule has 0 amide bonds. The minimum Gasteiger partial charge on any atom is -0.379 e. The highest BCUT2D eigenvalue weighted by Crippen LogP contribution is 2.32. The standard InChI is InChI=1S/C25H31ClN8/c1-32-11-7-19(8-12-32)29-22-21(26)17-28-25-23(22)30-24(31-25)18-3-5-20(6-4-18)34-15-13-33(14-16-34)10-2-9-27/h3-6,17,19H,2,7-8,10-16H2,1H3,(H2,28,29,30,31). The van der Waals surface area contributed by atoms with Gasteiger partial charge in [-0.2, -0.15) is 5.26 Å². The second kappa shape index (κ2) is 10.2. The van der Waals surface area contributed by atoms with Crippen LogP contribution < -0.4 is 10.2 Å². The van der Waals surface area contributed by atoms with Crippen molar-refractivity contribution in [3.05, 3.63) is 35.5 Å². The zero-order valence-electron chi connectivity index (χ0n) is 19.6. The lowest BCUT2D eigenvalue weighted by Gasteiger charge is -2.35. The van der Waals surface area contributed by atoms with Gasteiger partial charge in [-0.05, 0) is 57.2 Å². The number of piperidine rings is 1. The van der Waals surface area contributed by atoms with E-state index in [1.165, 1.54) is 5.69 Å².